The van der Waals surface area contributed by atoms with Crippen molar-refractivity contribution in [3.8, 4) is 0 Å². The third kappa shape index (κ3) is 1.63. The summed E-state index contributed by atoms with van der Waals surface area (Å²) in [6.45, 7) is 5.94. The predicted octanol–water partition coefficient (Wildman–Crippen LogP) is 1.19. The van der Waals surface area contributed by atoms with Gasteiger partial charge >= 0.3 is 7.12 Å². The lowest BCUT2D eigenvalue weighted by Gasteiger charge is -2.21. The summed E-state index contributed by atoms with van der Waals surface area (Å²) >= 11 is 1.56. The van der Waals surface area contributed by atoms with Gasteiger partial charge in [0, 0.05) is 0 Å². The summed E-state index contributed by atoms with van der Waals surface area (Å²) in [7, 11) is -1.22. The molecule has 1 aliphatic rings. The monoisotopic (exact) mass is 172 g/mol. The van der Waals surface area contributed by atoms with Crippen LogP contribution in [-0.2, 0) is 0 Å². The van der Waals surface area contributed by atoms with Gasteiger partial charge in [0.25, 0.3) is 0 Å². The van der Waals surface area contributed by atoms with Crippen LogP contribution in [0.15, 0.2) is 10.5 Å². The van der Waals surface area contributed by atoms with Gasteiger partial charge in [-0.2, -0.15) is 0 Å². The smallest absolute Gasteiger partial charge is 0.426 e. The molecule has 1 atom stereocenters. The Kier molecular flexibility index (Phi) is 2.37. The predicted molar refractivity (Wildman–Crippen MR) is 49.2 cm³/mol. The minimum atomic E-state index is -1.22. The molecule has 0 bridgehead atoms. The Morgan fingerprint density at radius 3 is 2.18 bits per heavy atom. The first-order valence-electron chi connectivity index (χ1n) is 3.67. The van der Waals surface area contributed by atoms with Gasteiger partial charge < -0.3 is 10.0 Å². The third-order valence-electron chi connectivity index (χ3n) is 2.15. The maximum Gasteiger partial charge on any atom is 0.469 e. The van der Waals surface area contributed by atoms with Crippen LogP contribution in [0.3, 0.4) is 0 Å². The van der Waals surface area contributed by atoms with Crippen LogP contribution in [0.2, 0.25) is 0 Å². The third-order valence-corrected chi connectivity index (χ3v) is 3.63. The van der Waals surface area contributed by atoms with E-state index in [9.17, 15) is 0 Å². The standard InChI is InChI=1S/C7H13BO2S/c1-5-4-7(3,8(9)10)11-6(5)2/h9-10H,4H2,1-3H3. The Balaban J connectivity index is 2.72. The highest BCUT2D eigenvalue weighted by Gasteiger charge is 2.42. The van der Waals surface area contributed by atoms with Gasteiger partial charge in [0.2, 0.25) is 0 Å². The maximum atomic E-state index is 9.06. The molecule has 1 heterocycles. The zero-order valence-electron chi connectivity index (χ0n) is 7.09. The molecule has 0 amide bonds. The Bertz CT molecular complexity index is 187. The lowest BCUT2D eigenvalue weighted by Crippen LogP contribution is -2.38. The van der Waals surface area contributed by atoms with E-state index in [1.165, 1.54) is 10.5 Å². The van der Waals surface area contributed by atoms with Crippen molar-refractivity contribution < 1.29 is 10.0 Å². The zero-order chi connectivity index (χ0) is 8.65. The molecule has 0 aromatic carbocycles. The van der Waals surface area contributed by atoms with Gasteiger partial charge in [-0.1, -0.05) is 12.5 Å². The van der Waals surface area contributed by atoms with E-state index in [0.29, 0.717) is 0 Å². The Morgan fingerprint density at radius 1 is 1.45 bits per heavy atom. The molecule has 0 aliphatic carbocycles. The lowest BCUT2D eigenvalue weighted by molar-refractivity contribution is 0.382. The Morgan fingerprint density at radius 2 is 2.00 bits per heavy atom. The summed E-state index contributed by atoms with van der Waals surface area (Å²) in [6.07, 6.45) is 0.779. The van der Waals surface area contributed by atoms with Gasteiger partial charge in [0.05, 0.1) is 4.65 Å². The van der Waals surface area contributed by atoms with Gasteiger partial charge in [0.15, 0.2) is 0 Å². The van der Waals surface area contributed by atoms with Crippen LogP contribution in [0.5, 0.6) is 0 Å². The molecule has 0 fully saturated rings. The summed E-state index contributed by atoms with van der Waals surface area (Å²) < 4.78 is -0.409. The van der Waals surface area contributed by atoms with Crippen LogP contribution in [0.25, 0.3) is 0 Å². The molecule has 1 aliphatic heterocycles. The molecule has 2 nitrogen and oxygen atoms in total. The quantitative estimate of drug-likeness (QED) is 0.583. The van der Waals surface area contributed by atoms with E-state index in [2.05, 4.69) is 0 Å². The highest BCUT2D eigenvalue weighted by atomic mass is 32.2. The minimum absolute atomic E-state index is 0.409. The topological polar surface area (TPSA) is 40.5 Å². The normalized spacial score (nSPS) is 31.4. The average Bonchev–Trinajstić information content (AvgIpc) is 2.09. The molecule has 4 heteroatoms. The molecule has 0 radical (unpaired) electrons. The molecule has 1 unspecified atom stereocenters. The Hall–Kier alpha value is 0.0749. The molecule has 2 N–H and O–H groups in total. The van der Waals surface area contributed by atoms with Crippen molar-refractivity contribution in [1.82, 2.24) is 0 Å². The maximum absolute atomic E-state index is 9.06. The minimum Gasteiger partial charge on any atom is -0.426 e. The summed E-state index contributed by atoms with van der Waals surface area (Å²) in [4.78, 5) is 1.22. The van der Waals surface area contributed by atoms with E-state index in [4.69, 9.17) is 10.0 Å². The highest BCUT2D eigenvalue weighted by Crippen LogP contribution is 2.45. The number of hydrogen-bond acceptors (Lipinski definition) is 3. The molecule has 0 spiro atoms. The van der Waals surface area contributed by atoms with E-state index >= 15 is 0 Å². The van der Waals surface area contributed by atoms with Crippen LogP contribution in [0, 0.1) is 0 Å². The SMILES string of the molecule is CC1=C(C)SC(C)(B(O)O)C1. The first-order valence-corrected chi connectivity index (χ1v) is 4.49. The van der Waals surface area contributed by atoms with Crippen LogP contribution in [0.1, 0.15) is 27.2 Å². The van der Waals surface area contributed by atoms with Gasteiger partial charge in [-0.05, 0) is 25.2 Å². The van der Waals surface area contributed by atoms with Crippen molar-refractivity contribution in [3.63, 3.8) is 0 Å². The second kappa shape index (κ2) is 2.85. The second-order valence-corrected chi connectivity index (χ2v) is 5.05. The van der Waals surface area contributed by atoms with Crippen LogP contribution >= 0.6 is 11.8 Å². The Labute approximate surface area is 71.8 Å². The van der Waals surface area contributed by atoms with Crippen molar-refractivity contribution >= 4 is 18.9 Å². The molecule has 1 rings (SSSR count). The van der Waals surface area contributed by atoms with Crippen LogP contribution in [-0.4, -0.2) is 21.8 Å². The number of rotatable bonds is 1. The van der Waals surface area contributed by atoms with Gasteiger partial charge in [0.1, 0.15) is 0 Å². The van der Waals surface area contributed by atoms with Gasteiger partial charge in [-0.25, -0.2) is 0 Å². The van der Waals surface area contributed by atoms with E-state index in [1.54, 1.807) is 11.8 Å². The summed E-state index contributed by atoms with van der Waals surface area (Å²) in [6, 6.07) is 0. The van der Waals surface area contributed by atoms with Gasteiger partial charge in [-0.15, -0.1) is 11.8 Å². The molecule has 0 saturated carbocycles. The molecule has 11 heavy (non-hydrogen) atoms. The zero-order valence-corrected chi connectivity index (χ0v) is 7.90. The number of thioether (sulfide) groups is 1. The first-order chi connectivity index (χ1) is 4.96. The molecule has 62 valence electrons. The largest absolute Gasteiger partial charge is 0.469 e. The molecule has 0 aromatic heterocycles. The van der Waals surface area contributed by atoms with E-state index in [-0.39, 0.29) is 0 Å². The van der Waals surface area contributed by atoms with E-state index in [0.717, 1.165) is 6.42 Å². The molecule has 0 saturated heterocycles. The fraction of sp³-hybridized carbons (Fsp3) is 0.714. The van der Waals surface area contributed by atoms with Crippen molar-refractivity contribution in [2.75, 3.05) is 0 Å². The first kappa shape index (κ1) is 9.17. The van der Waals surface area contributed by atoms with Crippen molar-refractivity contribution in [1.29, 1.82) is 0 Å². The highest BCUT2D eigenvalue weighted by molar-refractivity contribution is 8.06. The number of hydrogen-bond donors (Lipinski definition) is 2. The van der Waals surface area contributed by atoms with Gasteiger partial charge in [-0.3, -0.25) is 0 Å². The van der Waals surface area contributed by atoms with Crippen LogP contribution in [0.4, 0.5) is 0 Å². The summed E-state index contributed by atoms with van der Waals surface area (Å²) in [5.41, 5.74) is 1.27. The van der Waals surface area contributed by atoms with Crippen LogP contribution < -0.4 is 0 Å². The molecular formula is C7H13BO2S. The van der Waals surface area contributed by atoms with Crippen molar-refractivity contribution in [2.45, 2.75) is 31.8 Å². The fourth-order valence-electron chi connectivity index (χ4n) is 1.27. The average molecular weight is 172 g/mol. The lowest BCUT2D eigenvalue weighted by atomic mass is 9.70. The fourth-order valence-corrected chi connectivity index (χ4v) is 2.61. The molecule has 0 aromatic rings. The molecular weight excluding hydrogens is 159 g/mol. The summed E-state index contributed by atoms with van der Waals surface area (Å²) in [5, 5.41) is 18.1. The van der Waals surface area contributed by atoms with E-state index in [1.807, 2.05) is 20.8 Å². The van der Waals surface area contributed by atoms with E-state index < -0.39 is 11.8 Å². The summed E-state index contributed by atoms with van der Waals surface area (Å²) in [5.74, 6) is 0. The number of allylic oxidation sites excluding steroid dienone is 2. The van der Waals surface area contributed by atoms with Crippen molar-refractivity contribution in [3.05, 3.63) is 10.5 Å². The second-order valence-electron chi connectivity index (χ2n) is 3.30. The van der Waals surface area contributed by atoms with Crippen molar-refractivity contribution in [2.24, 2.45) is 0 Å².